The minimum Gasteiger partial charge on any atom is -0.327 e. The van der Waals surface area contributed by atoms with Crippen molar-refractivity contribution in [1.82, 2.24) is 9.55 Å². The van der Waals surface area contributed by atoms with Gasteiger partial charge in [-0.2, -0.15) is 0 Å². The van der Waals surface area contributed by atoms with Gasteiger partial charge in [0.25, 0.3) is 0 Å². The maximum Gasteiger partial charge on any atom is 0.140 e. The van der Waals surface area contributed by atoms with Crippen molar-refractivity contribution in [3.8, 4) is 11.4 Å². The Kier molecular flexibility index (Phi) is 3.65. The third-order valence-corrected chi connectivity index (χ3v) is 3.69. The molecule has 1 heterocycles. The summed E-state index contributed by atoms with van der Waals surface area (Å²) in [7, 11) is 0. The molecule has 0 saturated carbocycles. The van der Waals surface area contributed by atoms with Gasteiger partial charge in [-0.15, -0.1) is 0 Å². The average Bonchev–Trinajstić information content (AvgIpc) is 2.92. The summed E-state index contributed by atoms with van der Waals surface area (Å²) in [5, 5.41) is 0. The number of rotatable bonds is 3. The second kappa shape index (κ2) is 5.59. The molecular weight excluding hydrogens is 319 g/mol. The first-order valence-electron chi connectivity index (χ1n) is 6.24. The van der Waals surface area contributed by atoms with Gasteiger partial charge in [-0.3, -0.25) is 0 Å². The summed E-state index contributed by atoms with van der Waals surface area (Å²) in [5.74, 6) is 0.661. The molecule has 0 N–H and O–H groups in total. The third kappa shape index (κ3) is 2.65. The number of hydrogen-bond donors (Lipinski definition) is 0. The summed E-state index contributed by atoms with van der Waals surface area (Å²) in [6, 6.07) is 15.1. The number of nitrogens with zero attached hydrogens (tertiary/aromatic N) is 2. The second-order valence-electron chi connectivity index (χ2n) is 4.49. The van der Waals surface area contributed by atoms with Crippen molar-refractivity contribution in [2.45, 2.75) is 6.54 Å². The molecule has 3 aromatic rings. The van der Waals surface area contributed by atoms with Crippen molar-refractivity contribution in [3.63, 3.8) is 0 Å². The highest BCUT2D eigenvalue weighted by molar-refractivity contribution is 9.10. The molecule has 0 aliphatic heterocycles. The fraction of sp³-hybridized carbons (Fsp3) is 0.0625. The molecule has 100 valence electrons. The van der Waals surface area contributed by atoms with Crippen LogP contribution in [0, 0.1) is 5.82 Å². The maximum absolute atomic E-state index is 13.3. The van der Waals surface area contributed by atoms with Crippen molar-refractivity contribution < 1.29 is 4.39 Å². The summed E-state index contributed by atoms with van der Waals surface area (Å²) in [6.45, 7) is 0.656. The van der Waals surface area contributed by atoms with E-state index in [1.807, 2.05) is 36.5 Å². The van der Waals surface area contributed by atoms with Crippen LogP contribution >= 0.6 is 15.9 Å². The predicted molar refractivity (Wildman–Crippen MR) is 80.9 cm³/mol. The van der Waals surface area contributed by atoms with E-state index in [1.165, 1.54) is 6.07 Å². The van der Waals surface area contributed by atoms with Crippen LogP contribution in [0.4, 0.5) is 4.39 Å². The molecule has 0 spiro atoms. The van der Waals surface area contributed by atoms with Crippen LogP contribution in [-0.2, 0) is 6.54 Å². The molecule has 0 aliphatic carbocycles. The Morgan fingerprint density at radius 3 is 2.65 bits per heavy atom. The van der Waals surface area contributed by atoms with E-state index in [1.54, 1.807) is 18.3 Å². The van der Waals surface area contributed by atoms with E-state index in [2.05, 4.69) is 25.5 Å². The minimum absolute atomic E-state index is 0.248. The minimum atomic E-state index is -0.248. The molecule has 0 unspecified atom stereocenters. The van der Waals surface area contributed by atoms with Gasteiger partial charge in [0.15, 0.2) is 0 Å². The summed E-state index contributed by atoms with van der Waals surface area (Å²) < 4.78 is 15.8. The summed E-state index contributed by atoms with van der Waals surface area (Å²) in [5.41, 5.74) is 2.09. The first kappa shape index (κ1) is 13.1. The summed E-state index contributed by atoms with van der Waals surface area (Å²) in [4.78, 5) is 4.40. The van der Waals surface area contributed by atoms with Crippen molar-refractivity contribution in [1.29, 1.82) is 0 Å². The van der Waals surface area contributed by atoms with Crippen molar-refractivity contribution in [3.05, 3.63) is 76.8 Å². The van der Waals surface area contributed by atoms with E-state index in [0.29, 0.717) is 11.0 Å². The van der Waals surface area contributed by atoms with Gasteiger partial charge in [0, 0.05) is 24.5 Å². The highest BCUT2D eigenvalue weighted by atomic mass is 79.9. The van der Waals surface area contributed by atoms with Crippen LogP contribution in [0.1, 0.15) is 5.56 Å². The van der Waals surface area contributed by atoms with Crippen LogP contribution in [0.2, 0.25) is 0 Å². The maximum atomic E-state index is 13.3. The predicted octanol–water partition coefficient (Wildman–Crippen LogP) is 4.50. The molecular formula is C16H12BrFN2. The van der Waals surface area contributed by atoms with Gasteiger partial charge in [0.1, 0.15) is 11.6 Å². The summed E-state index contributed by atoms with van der Waals surface area (Å²) >= 11 is 3.21. The fourth-order valence-electron chi connectivity index (χ4n) is 2.12. The lowest BCUT2D eigenvalue weighted by Gasteiger charge is -2.08. The van der Waals surface area contributed by atoms with E-state index >= 15 is 0 Å². The molecule has 2 nitrogen and oxygen atoms in total. The lowest BCUT2D eigenvalue weighted by atomic mass is 10.2. The normalized spacial score (nSPS) is 10.7. The molecule has 2 aromatic carbocycles. The highest BCUT2D eigenvalue weighted by Gasteiger charge is 2.07. The van der Waals surface area contributed by atoms with Gasteiger partial charge in [0.05, 0.1) is 4.47 Å². The van der Waals surface area contributed by atoms with Crippen LogP contribution in [0.3, 0.4) is 0 Å². The first-order chi connectivity index (χ1) is 9.74. The lowest BCUT2D eigenvalue weighted by Crippen LogP contribution is -2.01. The zero-order valence-electron chi connectivity index (χ0n) is 10.6. The Morgan fingerprint density at radius 2 is 1.90 bits per heavy atom. The molecule has 0 saturated heterocycles. The fourth-order valence-corrected chi connectivity index (χ4v) is 2.55. The molecule has 0 aliphatic rings. The Morgan fingerprint density at radius 1 is 1.10 bits per heavy atom. The lowest BCUT2D eigenvalue weighted by molar-refractivity contribution is 0.619. The van der Waals surface area contributed by atoms with E-state index in [0.717, 1.165) is 17.0 Å². The number of benzene rings is 2. The van der Waals surface area contributed by atoms with E-state index in [4.69, 9.17) is 0 Å². The van der Waals surface area contributed by atoms with Gasteiger partial charge in [-0.25, -0.2) is 9.37 Å². The molecule has 0 bridgehead atoms. The van der Waals surface area contributed by atoms with Crippen LogP contribution in [0.5, 0.6) is 0 Å². The van der Waals surface area contributed by atoms with Crippen LogP contribution in [-0.4, -0.2) is 9.55 Å². The van der Waals surface area contributed by atoms with Gasteiger partial charge in [0.2, 0.25) is 0 Å². The molecule has 0 atom stereocenters. The Labute approximate surface area is 125 Å². The molecule has 0 amide bonds. The highest BCUT2D eigenvalue weighted by Crippen LogP contribution is 2.21. The SMILES string of the molecule is Fc1ccc(Cn2ccnc2-c2ccccc2)cc1Br. The molecule has 4 heteroatoms. The van der Waals surface area contributed by atoms with Crippen molar-refractivity contribution >= 4 is 15.9 Å². The standard InChI is InChI=1S/C16H12BrFN2/c17-14-10-12(6-7-15(14)18)11-20-9-8-19-16(20)13-4-2-1-3-5-13/h1-10H,11H2. The third-order valence-electron chi connectivity index (χ3n) is 3.08. The number of hydrogen-bond acceptors (Lipinski definition) is 1. The van der Waals surface area contributed by atoms with Gasteiger partial charge >= 0.3 is 0 Å². The zero-order chi connectivity index (χ0) is 13.9. The van der Waals surface area contributed by atoms with Gasteiger partial charge in [-0.1, -0.05) is 36.4 Å². The van der Waals surface area contributed by atoms with Gasteiger partial charge < -0.3 is 4.57 Å². The smallest absolute Gasteiger partial charge is 0.140 e. The first-order valence-corrected chi connectivity index (χ1v) is 7.04. The molecule has 0 fully saturated rings. The molecule has 0 radical (unpaired) electrons. The Bertz CT molecular complexity index is 722. The topological polar surface area (TPSA) is 17.8 Å². The van der Waals surface area contributed by atoms with Crippen LogP contribution in [0.15, 0.2) is 65.4 Å². The van der Waals surface area contributed by atoms with Crippen LogP contribution < -0.4 is 0 Å². The second-order valence-corrected chi connectivity index (χ2v) is 5.35. The van der Waals surface area contributed by atoms with E-state index in [9.17, 15) is 4.39 Å². The largest absolute Gasteiger partial charge is 0.327 e. The molecule has 1 aromatic heterocycles. The number of halogens is 2. The van der Waals surface area contributed by atoms with Crippen molar-refractivity contribution in [2.75, 3.05) is 0 Å². The molecule has 3 rings (SSSR count). The van der Waals surface area contributed by atoms with E-state index < -0.39 is 0 Å². The van der Waals surface area contributed by atoms with E-state index in [-0.39, 0.29) is 5.82 Å². The monoisotopic (exact) mass is 330 g/mol. The number of aromatic nitrogens is 2. The van der Waals surface area contributed by atoms with Crippen molar-refractivity contribution in [2.24, 2.45) is 0 Å². The quantitative estimate of drug-likeness (QED) is 0.691. The summed E-state index contributed by atoms with van der Waals surface area (Å²) in [6.07, 6.45) is 3.71. The molecule has 20 heavy (non-hydrogen) atoms. The average molecular weight is 331 g/mol. The number of imidazole rings is 1. The van der Waals surface area contributed by atoms with Crippen LogP contribution in [0.25, 0.3) is 11.4 Å². The van der Waals surface area contributed by atoms with Gasteiger partial charge in [-0.05, 0) is 33.6 Å². The Hall–Kier alpha value is -1.94. The Balaban J connectivity index is 1.92. The zero-order valence-corrected chi connectivity index (χ0v) is 12.2.